The highest BCUT2D eigenvalue weighted by Gasteiger charge is 2.14. The lowest BCUT2D eigenvalue weighted by Crippen LogP contribution is -2.37. The van der Waals surface area contributed by atoms with Crippen LogP contribution in [0, 0.1) is 0 Å². The van der Waals surface area contributed by atoms with Crippen LogP contribution in [0.1, 0.15) is 12.8 Å². The standard InChI is InChI=1S/C8H17NO3/c1-9(2,3)5-4-7(10)6-8(11)12/h7,10H,4-6H2,1-3H3/p+1. The van der Waals surface area contributed by atoms with E-state index in [0.717, 1.165) is 11.0 Å². The molecule has 0 radical (unpaired) electrons. The third kappa shape index (κ3) is 7.50. The molecule has 0 aliphatic heterocycles. The van der Waals surface area contributed by atoms with Crippen molar-refractivity contribution >= 4 is 5.97 Å². The van der Waals surface area contributed by atoms with Gasteiger partial charge in [0, 0.05) is 6.42 Å². The Morgan fingerprint density at radius 1 is 1.42 bits per heavy atom. The number of aliphatic hydroxyl groups is 1. The molecule has 4 heteroatoms. The highest BCUT2D eigenvalue weighted by molar-refractivity contribution is 5.67. The van der Waals surface area contributed by atoms with Crippen molar-refractivity contribution in [1.82, 2.24) is 0 Å². The summed E-state index contributed by atoms with van der Waals surface area (Å²) in [6.07, 6.45) is -0.324. The third-order valence-electron chi connectivity index (χ3n) is 1.54. The lowest BCUT2D eigenvalue weighted by molar-refractivity contribution is -0.870. The zero-order valence-electron chi connectivity index (χ0n) is 7.95. The second-order valence-corrected chi connectivity index (χ2v) is 4.05. The van der Waals surface area contributed by atoms with Gasteiger partial charge in [-0.1, -0.05) is 0 Å². The van der Waals surface area contributed by atoms with E-state index >= 15 is 0 Å². The van der Waals surface area contributed by atoms with Gasteiger partial charge in [-0.05, 0) is 0 Å². The number of carboxylic acids is 1. The number of hydrogen-bond donors (Lipinski definition) is 2. The summed E-state index contributed by atoms with van der Waals surface area (Å²) in [4.78, 5) is 10.2. The first-order valence-corrected chi connectivity index (χ1v) is 4.01. The molecule has 0 saturated carbocycles. The van der Waals surface area contributed by atoms with E-state index in [1.54, 1.807) is 0 Å². The van der Waals surface area contributed by atoms with Crippen molar-refractivity contribution in [2.75, 3.05) is 27.7 Å². The average molecular weight is 176 g/mol. The van der Waals surface area contributed by atoms with Gasteiger partial charge in [-0.3, -0.25) is 4.79 Å². The van der Waals surface area contributed by atoms with Crippen molar-refractivity contribution in [3.8, 4) is 0 Å². The molecule has 0 bridgehead atoms. The van der Waals surface area contributed by atoms with Gasteiger partial charge in [0.1, 0.15) is 0 Å². The summed E-state index contributed by atoms with van der Waals surface area (Å²) in [6.45, 7) is 0.786. The summed E-state index contributed by atoms with van der Waals surface area (Å²) < 4.78 is 0.747. The van der Waals surface area contributed by atoms with Gasteiger partial charge in [0.25, 0.3) is 0 Å². The molecule has 0 amide bonds. The summed E-state index contributed by atoms with van der Waals surface area (Å²) >= 11 is 0. The second-order valence-electron chi connectivity index (χ2n) is 4.05. The fourth-order valence-corrected chi connectivity index (χ4v) is 0.840. The maximum Gasteiger partial charge on any atom is 0.305 e. The average Bonchev–Trinajstić information content (AvgIpc) is 1.80. The predicted molar refractivity (Wildman–Crippen MR) is 45.8 cm³/mol. The monoisotopic (exact) mass is 176 g/mol. The van der Waals surface area contributed by atoms with Gasteiger partial charge in [0.05, 0.1) is 40.2 Å². The van der Waals surface area contributed by atoms with Crippen molar-refractivity contribution < 1.29 is 19.5 Å². The molecule has 0 aliphatic carbocycles. The third-order valence-corrected chi connectivity index (χ3v) is 1.54. The minimum absolute atomic E-state index is 0.153. The Bertz CT molecular complexity index is 151. The number of carbonyl (C=O) groups is 1. The van der Waals surface area contributed by atoms with Crippen LogP contribution in [0.25, 0.3) is 0 Å². The molecule has 2 N–H and O–H groups in total. The maximum atomic E-state index is 10.2. The van der Waals surface area contributed by atoms with Gasteiger partial charge in [-0.15, -0.1) is 0 Å². The van der Waals surface area contributed by atoms with E-state index < -0.39 is 12.1 Å². The molecule has 0 fully saturated rings. The van der Waals surface area contributed by atoms with E-state index in [-0.39, 0.29) is 6.42 Å². The van der Waals surface area contributed by atoms with Gasteiger partial charge < -0.3 is 14.7 Å². The summed E-state index contributed by atoms with van der Waals surface area (Å²) in [7, 11) is 6.02. The van der Waals surface area contributed by atoms with Gasteiger partial charge in [-0.25, -0.2) is 0 Å². The Labute approximate surface area is 73.0 Å². The van der Waals surface area contributed by atoms with Crippen molar-refractivity contribution in [1.29, 1.82) is 0 Å². The number of rotatable bonds is 5. The van der Waals surface area contributed by atoms with E-state index in [1.807, 2.05) is 21.1 Å². The van der Waals surface area contributed by atoms with Gasteiger partial charge in [0.15, 0.2) is 0 Å². The largest absolute Gasteiger partial charge is 0.481 e. The van der Waals surface area contributed by atoms with Crippen LogP contribution in [0.3, 0.4) is 0 Å². The van der Waals surface area contributed by atoms with Crippen molar-refractivity contribution in [3.63, 3.8) is 0 Å². The zero-order valence-corrected chi connectivity index (χ0v) is 7.95. The quantitative estimate of drug-likeness (QED) is 0.576. The van der Waals surface area contributed by atoms with Crippen LogP contribution in [0.5, 0.6) is 0 Å². The molecule has 0 aliphatic rings. The molecule has 0 spiro atoms. The zero-order chi connectivity index (χ0) is 9.78. The molecule has 0 aromatic heterocycles. The van der Waals surface area contributed by atoms with Crippen LogP contribution in [0.15, 0.2) is 0 Å². The normalized spacial score (nSPS) is 14.3. The molecule has 12 heavy (non-hydrogen) atoms. The summed E-state index contributed by atoms with van der Waals surface area (Å²) in [5.41, 5.74) is 0. The van der Waals surface area contributed by atoms with Crippen LogP contribution in [0.4, 0.5) is 0 Å². The Morgan fingerprint density at radius 3 is 2.25 bits per heavy atom. The molecule has 1 unspecified atom stereocenters. The van der Waals surface area contributed by atoms with Crippen molar-refractivity contribution in [3.05, 3.63) is 0 Å². The molecule has 72 valence electrons. The van der Waals surface area contributed by atoms with Crippen LogP contribution in [0.2, 0.25) is 0 Å². The van der Waals surface area contributed by atoms with E-state index in [1.165, 1.54) is 0 Å². The van der Waals surface area contributed by atoms with E-state index in [2.05, 4.69) is 0 Å². The SMILES string of the molecule is C[N+](C)(C)CCC(O)CC(=O)O. The van der Waals surface area contributed by atoms with Crippen molar-refractivity contribution in [2.24, 2.45) is 0 Å². The molecule has 0 rings (SSSR count). The maximum absolute atomic E-state index is 10.2. The predicted octanol–water partition coefficient (Wildman–Crippen LogP) is -0.0817. The highest BCUT2D eigenvalue weighted by Crippen LogP contribution is 2.01. The first-order chi connectivity index (χ1) is 5.31. The topological polar surface area (TPSA) is 57.5 Å². The molecule has 1 atom stereocenters. The van der Waals surface area contributed by atoms with Crippen LogP contribution in [-0.2, 0) is 4.79 Å². The number of aliphatic carboxylic acids is 1. The van der Waals surface area contributed by atoms with Gasteiger partial charge in [-0.2, -0.15) is 0 Å². The number of nitrogens with zero attached hydrogens (tertiary/aromatic N) is 1. The molecular formula is C8H18NO3+. The van der Waals surface area contributed by atoms with E-state index in [9.17, 15) is 9.90 Å². The molecule has 0 aromatic carbocycles. The summed E-state index contributed by atoms with van der Waals surface area (Å²) in [5, 5.41) is 17.5. The Morgan fingerprint density at radius 2 is 1.92 bits per heavy atom. The van der Waals surface area contributed by atoms with E-state index in [4.69, 9.17) is 5.11 Å². The first-order valence-electron chi connectivity index (χ1n) is 4.01. The lowest BCUT2D eigenvalue weighted by atomic mass is 10.2. The van der Waals surface area contributed by atoms with E-state index in [0.29, 0.717) is 6.42 Å². The molecule has 0 saturated heterocycles. The Hall–Kier alpha value is -0.610. The Balaban J connectivity index is 3.57. The summed E-state index contributed by atoms with van der Waals surface area (Å²) in [5.74, 6) is -0.941. The molecular weight excluding hydrogens is 158 g/mol. The minimum atomic E-state index is -0.941. The smallest absolute Gasteiger partial charge is 0.305 e. The fraction of sp³-hybridized carbons (Fsp3) is 0.875. The van der Waals surface area contributed by atoms with Crippen molar-refractivity contribution in [2.45, 2.75) is 18.9 Å². The number of hydrogen-bond acceptors (Lipinski definition) is 2. The van der Waals surface area contributed by atoms with Crippen LogP contribution < -0.4 is 0 Å². The molecule has 0 heterocycles. The minimum Gasteiger partial charge on any atom is -0.481 e. The van der Waals surface area contributed by atoms with Gasteiger partial charge >= 0.3 is 5.97 Å². The molecule has 4 nitrogen and oxygen atoms in total. The highest BCUT2D eigenvalue weighted by atomic mass is 16.4. The second kappa shape index (κ2) is 4.42. The lowest BCUT2D eigenvalue weighted by Gasteiger charge is -2.24. The number of quaternary nitrogens is 1. The van der Waals surface area contributed by atoms with Crippen LogP contribution in [-0.4, -0.2) is 54.5 Å². The summed E-state index contributed by atoms with van der Waals surface area (Å²) in [6, 6.07) is 0. The Kier molecular flexibility index (Phi) is 4.20. The number of carboxylic acid groups (broad SMARTS) is 1. The van der Waals surface area contributed by atoms with Gasteiger partial charge in [0.2, 0.25) is 0 Å². The number of aliphatic hydroxyl groups excluding tert-OH is 1. The molecule has 0 aromatic rings. The fourth-order valence-electron chi connectivity index (χ4n) is 0.840. The van der Waals surface area contributed by atoms with Crippen LogP contribution >= 0.6 is 0 Å². The first kappa shape index (κ1) is 11.4.